The van der Waals surface area contributed by atoms with Crippen LogP contribution < -0.4 is 10.1 Å². The van der Waals surface area contributed by atoms with Crippen LogP contribution in [-0.4, -0.2) is 38.8 Å². The Labute approximate surface area is 118 Å². The predicted molar refractivity (Wildman–Crippen MR) is 72.3 cm³/mol. The van der Waals surface area contributed by atoms with Crippen LogP contribution in [0.1, 0.15) is 12.5 Å². The standard InChI is InChI=1S/C14H19NO5/c1-3-19-10-14(17)20-9-13(16)15-8-11-4-6-12(18-2)7-5-11/h4-7H,3,8-10H2,1-2H3,(H,15,16). The monoisotopic (exact) mass is 281 g/mol. The van der Waals surface area contributed by atoms with Gasteiger partial charge in [0.25, 0.3) is 5.91 Å². The fourth-order valence-electron chi connectivity index (χ4n) is 1.37. The number of rotatable bonds is 8. The normalized spacial score (nSPS) is 9.90. The van der Waals surface area contributed by atoms with Gasteiger partial charge in [0.2, 0.25) is 0 Å². The summed E-state index contributed by atoms with van der Waals surface area (Å²) in [7, 11) is 1.59. The molecule has 110 valence electrons. The summed E-state index contributed by atoms with van der Waals surface area (Å²) in [5, 5.41) is 2.65. The average molecular weight is 281 g/mol. The molecule has 1 rings (SSSR count). The van der Waals surface area contributed by atoms with Gasteiger partial charge in [0.1, 0.15) is 12.4 Å². The minimum atomic E-state index is -0.550. The lowest BCUT2D eigenvalue weighted by Crippen LogP contribution is -2.29. The van der Waals surface area contributed by atoms with Gasteiger partial charge >= 0.3 is 5.97 Å². The summed E-state index contributed by atoms with van der Waals surface area (Å²) in [6.45, 7) is 2.13. The highest BCUT2D eigenvalue weighted by Gasteiger charge is 2.07. The number of benzene rings is 1. The molecule has 0 aromatic heterocycles. The third-order valence-corrected chi connectivity index (χ3v) is 2.44. The van der Waals surface area contributed by atoms with E-state index < -0.39 is 5.97 Å². The zero-order valence-electron chi connectivity index (χ0n) is 11.7. The lowest BCUT2D eigenvalue weighted by molar-refractivity contribution is -0.152. The first-order valence-electron chi connectivity index (χ1n) is 6.28. The Kier molecular flexibility index (Phi) is 7.13. The molecule has 0 aliphatic carbocycles. The topological polar surface area (TPSA) is 73.9 Å². The quantitative estimate of drug-likeness (QED) is 0.716. The van der Waals surface area contributed by atoms with Gasteiger partial charge in [-0.2, -0.15) is 0 Å². The molecule has 0 saturated carbocycles. The number of amides is 1. The lowest BCUT2D eigenvalue weighted by atomic mass is 10.2. The highest BCUT2D eigenvalue weighted by molar-refractivity contribution is 5.80. The number of carbonyl (C=O) groups excluding carboxylic acids is 2. The van der Waals surface area contributed by atoms with E-state index in [0.29, 0.717) is 13.2 Å². The molecule has 0 radical (unpaired) electrons. The smallest absolute Gasteiger partial charge is 0.332 e. The van der Waals surface area contributed by atoms with Crippen molar-refractivity contribution in [2.75, 3.05) is 26.9 Å². The van der Waals surface area contributed by atoms with E-state index in [-0.39, 0.29) is 19.1 Å². The SMILES string of the molecule is CCOCC(=O)OCC(=O)NCc1ccc(OC)cc1. The fourth-order valence-corrected chi connectivity index (χ4v) is 1.37. The van der Waals surface area contributed by atoms with Crippen molar-refractivity contribution in [3.63, 3.8) is 0 Å². The van der Waals surface area contributed by atoms with E-state index in [1.165, 1.54) is 0 Å². The van der Waals surface area contributed by atoms with Crippen LogP contribution in [-0.2, 0) is 25.6 Å². The Hall–Kier alpha value is -2.08. The maximum Gasteiger partial charge on any atom is 0.332 e. The van der Waals surface area contributed by atoms with Crippen molar-refractivity contribution in [1.82, 2.24) is 5.32 Å². The molecule has 0 spiro atoms. The van der Waals surface area contributed by atoms with E-state index in [1.807, 2.05) is 24.3 Å². The second kappa shape index (κ2) is 8.92. The number of hydrogen-bond acceptors (Lipinski definition) is 5. The second-order valence-electron chi connectivity index (χ2n) is 3.92. The van der Waals surface area contributed by atoms with Crippen LogP contribution in [0.5, 0.6) is 5.75 Å². The largest absolute Gasteiger partial charge is 0.497 e. The number of methoxy groups -OCH3 is 1. The molecule has 1 aromatic rings. The highest BCUT2D eigenvalue weighted by Crippen LogP contribution is 2.10. The number of nitrogens with one attached hydrogen (secondary N) is 1. The molecule has 0 aliphatic heterocycles. The van der Waals surface area contributed by atoms with Crippen molar-refractivity contribution < 1.29 is 23.8 Å². The van der Waals surface area contributed by atoms with Gasteiger partial charge in [-0.15, -0.1) is 0 Å². The summed E-state index contributed by atoms with van der Waals surface area (Å²) < 4.78 is 14.6. The van der Waals surface area contributed by atoms with Gasteiger partial charge in [0.15, 0.2) is 6.61 Å². The summed E-state index contributed by atoms with van der Waals surface area (Å²) in [5.74, 6) is -0.151. The Morgan fingerprint density at radius 3 is 2.45 bits per heavy atom. The summed E-state index contributed by atoms with van der Waals surface area (Å²) in [6, 6.07) is 7.31. The molecular formula is C14H19NO5. The van der Waals surface area contributed by atoms with E-state index in [2.05, 4.69) is 5.32 Å². The molecule has 0 saturated heterocycles. The van der Waals surface area contributed by atoms with Crippen LogP contribution in [0.2, 0.25) is 0 Å². The minimum Gasteiger partial charge on any atom is -0.497 e. The molecule has 20 heavy (non-hydrogen) atoms. The molecule has 0 atom stereocenters. The molecule has 0 aliphatic rings. The Morgan fingerprint density at radius 2 is 1.85 bits per heavy atom. The molecule has 1 amide bonds. The Bertz CT molecular complexity index is 430. The lowest BCUT2D eigenvalue weighted by Gasteiger charge is -2.07. The van der Waals surface area contributed by atoms with Crippen LogP contribution in [0.3, 0.4) is 0 Å². The molecule has 0 fully saturated rings. The number of carbonyl (C=O) groups is 2. The molecule has 6 heteroatoms. The second-order valence-corrected chi connectivity index (χ2v) is 3.92. The third kappa shape index (κ3) is 6.19. The molecule has 1 N–H and O–H groups in total. The van der Waals surface area contributed by atoms with Crippen LogP contribution >= 0.6 is 0 Å². The van der Waals surface area contributed by atoms with Gasteiger partial charge in [0, 0.05) is 13.2 Å². The van der Waals surface area contributed by atoms with E-state index in [4.69, 9.17) is 14.2 Å². The zero-order valence-corrected chi connectivity index (χ0v) is 11.7. The Balaban J connectivity index is 2.23. The first-order valence-corrected chi connectivity index (χ1v) is 6.28. The van der Waals surface area contributed by atoms with Crippen molar-refractivity contribution >= 4 is 11.9 Å². The van der Waals surface area contributed by atoms with Gasteiger partial charge in [-0.05, 0) is 24.6 Å². The van der Waals surface area contributed by atoms with Gasteiger partial charge in [-0.1, -0.05) is 12.1 Å². The molecule has 0 bridgehead atoms. The van der Waals surface area contributed by atoms with Gasteiger partial charge < -0.3 is 19.5 Å². The maximum absolute atomic E-state index is 11.5. The molecular weight excluding hydrogens is 262 g/mol. The minimum absolute atomic E-state index is 0.137. The summed E-state index contributed by atoms with van der Waals surface area (Å²) >= 11 is 0. The maximum atomic E-state index is 11.5. The molecule has 6 nitrogen and oxygen atoms in total. The van der Waals surface area contributed by atoms with E-state index in [9.17, 15) is 9.59 Å². The third-order valence-electron chi connectivity index (χ3n) is 2.44. The Morgan fingerprint density at radius 1 is 1.15 bits per heavy atom. The van der Waals surface area contributed by atoms with Gasteiger partial charge in [0.05, 0.1) is 7.11 Å². The summed E-state index contributed by atoms with van der Waals surface area (Å²) in [5.41, 5.74) is 0.930. The highest BCUT2D eigenvalue weighted by atomic mass is 16.6. The zero-order chi connectivity index (χ0) is 14.8. The summed E-state index contributed by atoms with van der Waals surface area (Å²) in [4.78, 5) is 22.6. The molecule has 0 heterocycles. The van der Waals surface area contributed by atoms with Crippen LogP contribution in [0.15, 0.2) is 24.3 Å². The van der Waals surface area contributed by atoms with Gasteiger partial charge in [-0.25, -0.2) is 4.79 Å². The number of ether oxygens (including phenoxy) is 3. The van der Waals surface area contributed by atoms with E-state index in [0.717, 1.165) is 11.3 Å². The van der Waals surface area contributed by atoms with Crippen LogP contribution in [0.4, 0.5) is 0 Å². The van der Waals surface area contributed by atoms with Crippen molar-refractivity contribution in [2.24, 2.45) is 0 Å². The predicted octanol–water partition coefficient (Wildman–Crippen LogP) is 0.891. The van der Waals surface area contributed by atoms with Crippen molar-refractivity contribution in [2.45, 2.75) is 13.5 Å². The van der Waals surface area contributed by atoms with E-state index >= 15 is 0 Å². The van der Waals surface area contributed by atoms with E-state index in [1.54, 1.807) is 14.0 Å². The number of hydrogen-bond donors (Lipinski definition) is 1. The molecule has 1 aromatic carbocycles. The first kappa shape index (κ1) is 16.0. The van der Waals surface area contributed by atoms with Crippen LogP contribution in [0, 0.1) is 0 Å². The fraction of sp³-hybridized carbons (Fsp3) is 0.429. The van der Waals surface area contributed by atoms with Crippen molar-refractivity contribution in [3.05, 3.63) is 29.8 Å². The van der Waals surface area contributed by atoms with Gasteiger partial charge in [-0.3, -0.25) is 4.79 Å². The van der Waals surface area contributed by atoms with Crippen LogP contribution in [0.25, 0.3) is 0 Å². The average Bonchev–Trinajstić information content (AvgIpc) is 2.49. The van der Waals surface area contributed by atoms with Crippen molar-refractivity contribution in [1.29, 1.82) is 0 Å². The summed E-state index contributed by atoms with van der Waals surface area (Å²) in [6.07, 6.45) is 0. The number of esters is 1. The molecule has 0 unspecified atom stereocenters. The first-order chi connectivity index (χ1) is 9.65. The van der Waals surface area contributed by atoms with Crippen molar-refractivity contribution in [3.8, 4) is 5.75 Å².